The fourth-order valence-corrected chi connectivity index (χ4v) is 2.60. The molecular formula is C15H24FN3. The first-order chi connectivity index (χ1) is 9.11. The fourth-order valence-electron chi connectivity index (χ4n) is 2.60. The van der Waals surface area contributed by atoms with Gasteiger partial charge in [-0.3, -0.25) is 4.90 Å². The molecule has 1 saturated heterocycles. The van der Waals surface area contributed by atoms with Crippen molar-refractivity contribution < 1.29 is 4.39 Å². The van der Waals surface area contributed by atoms with Crippen LogP contribution in [0, 0.1) is 5.82 Å². The molecule has 1 fully saturated rings. The summed E-state index contributed by atoms with van der Waals surface area (Å²) >= 11 is 0. The average molecular weight is 265 g/mol. The van der Waals surface area contributed by atoms with Gasteiger partial charge in [0.1, 0.15) is 5.82 Å². The Hall–Kier alpha value is -1.13. The third kappa shape index (κ3) is 3.45. The average Bonchev–Trinajstić information content (AvgIpc) is 2.39. The van der Waals surface area contributed by atoms with E-state index in [4.69, 9.17) is 0 Å². The van der Waals surface area contributed by atoms with Crippen molar-refractivity contribution in [1.82, 2.24) is 10.2 Å². The SMILES string of the molecule is CNCc1ccc(N2CCN(C(C)C)CC2)c(F)c1. The van der Waals surface area contributed by atoms with Gasteiger partial charge in [-0.1, -0.05) is 6.07 Å². The van der Waals surface area contributed by atoms with Crippen LogP contribution >= 0.6 is 0 Å². The molecule has 0 radical (unpaired) electrons. The molecule has 1 aromatic rings. The van der Waals surface area contributed by atoms with E-state index in [2.05, 4.69) is 29.0 Å². The highest BCUT2D eigenvalue weighted by Gasteiger charge is 2.20. The van der Waals surface area contributed by atoms with Crippen LogP contribution in [0.2, 0.25) is 0 Å². The maximum Gasteiger partial charge on any atom is 0.146 e. The van der Waals surface area contributed by atoms with Crippen molar-refractivity contribution in [2.24, 2.45) is 0 Å². The van der Waals surface area contributed by atoms with E-state index in [0.717, 1.165) is 37.4 Å². The summed E-state index contributed by atoms with van der Waals surface area (Å²) < 4.78 is 14.1. The van der Waals surface area contributed by atoms with Crippen LogP contribution in [0.15, 0.2) is 18.2 Å². The number of rotatable bonds is 4. The summed E-state index contributed by atoms with van der Waals surface area (Å²) in [5.74, 6) is -0.106. The van der Waals surface area contributed by atoms with E-state index in [1.54, 1.807) is 6.07 Å². The minimum atomic E-state index is -0.106. The van der Waals surface area contributed by atoms with Crippen LogP contribution < -0.4 is 10.2 Å². The minimum Gasteiger partial charge on any atom is -0.367 e. The van der Waals surface area contributed by atoms with Crippen LogP contribution in [-0.4, -0.2) is 44.2 Å². The molecule has 1 heterocycles. The summed E-state index contributed by atoms with van der Waals surface area (Å²) in [7, 11) is 1.87. The Kier molecular flexibility index (Phi) is 4.77. The number of halogens is 1. The van der Waals surface area contributed by atoms with Crippen molar-refractivity contribution in [2.45, 2.75) is 26.4 Å². The molecule has 19 heavy (non-hydrogen) atoms. The lowest BCUT2D eigenvalue weighted by Crippen LogP contribution is -2.49. The Bertz CT molecular complexity index is 412. The maximum atomic E-state index is 14.1. The number of hydrogen-bond acceptors (Lipinski definition) is 3. The van der Waals surface area contributed by atoms with Gasteiger partial charge in [0, 0.05) is 38.8 Å². The number of anilines is 1. The Morgan fingerprint density at radius 2 is 1.89 bits per heavy atom. The summed E-state index contributed by atoms with van der Waals surface area (Å²) in [5, 5.41) is 3.04. The van der Waals surface area contributed by atoms with Crippen LogP contribution in [-0.2, 0) is 6.54 Å². The van der Waals surface area contributed by atoms with Crippen LogP contribution in [0.5, 0.6) is 0 Å². The summed E-state index contributed by atoms with van der Waals surface area (Å²) in [6, 6.07) is 6.13. The van der Waals surface area contributed by atoms with E-state index in [1.807, 2.05) is 19.2 Å². The van der Waals surface area contributed by atoms with Gasteiger partial charge in [-0.15, -0.1) is 0 Å². The molecule has 0 atom stereocenters. The summed E-state index contributed by atoms with van der Waals surface area (Å²) in [6.45, 7) is 8.95. The number of nitrogens with zero attached hydrogens (tertiary/aromatic N) is 2. The molecule has 0 unspecified atom stereocenters. The molecule has 0 spiro atoms. The molecule has 1 aliphatic heterocycles. The van der Waals surface area contributed by atoms with Gasteiger partial charge >= 0.3 is 0 Å². The van der Waals surface area contributed by atoms with Gasteiger partial charge in [-0.25, -0.2) is 4.39 Å². The summed E-state index contributed by atoms with van der Waals surface area (Å²) in [4.78, 5) is 4.58. The zero-order chi connectivity index (χ0) is 13.8. The van der Waals surface area contributed by atoms with Crippen LogP contribution in [0.1, 0.15) is 19.4 Å². The standard InChI is InChI=1S/C15H24FN3/c1-12(2)18-6-8-19(9-7-18)15-5-4-13(11-17-3)10-14(15)16/h4-5,10,12,17H,6-9,11H2,1-3H3. The molecule has 0 saturated carbocycles. The van der Waals surface area contributed by atoms with Crippen LogP contribution in [0.3, 0.4) is 0 Å². The van der Waals surface area contributed by atoms with Gasteiger partial charge in [0.25, 0.3) is 0 Å². The number of hydrogen-bond donors (Lipinski definition) is 1. The zero-order valence-corrected chi connectivity index (χ0v) is 12.1. The Morgan fingerprint density at radius 3 is 2.42 bits per heavy atom. The van der Waals surface area contributed by atoms with E-state index >= 15 is 0 Å². The third-order valence-corrected chi connectivity index (χ3v) is 3.78. The number of benzene rings is 1. The van der Waals surface area contributed by atoms with Crippen LogP contribution in [0.4, 0.5) is 10.1 Å². The maximum absolute atomic E-state index is 14.1. The second kappa shape index (κ2) is 6.35. The molecule has 0 aromatic heterocycles. The van der Waals surface area contributed by atoms with Crippen molar-refractivity contribution in [3.8, 4) is 0 Å². The number of nitrogens with one attached hydrogen (secondary N) is 1. The smallest absolute Gasteiger partial charge is 0.146 e. The van der Waals surface area contributed by atoms with Gasteiger partial charge in [0.15, 0.2) is 0 Å². The summed E-state index contributed by atoms with van der Waals surface area (Å²) in [5.41, 5.74) is 1.73. The van der Waals surface area contributed by atoms with Crippen molar-refractivity contribution in [3.63, 3.8) is 0 Å². The molecule has 0 amide bonds. The van der Waals surface area contributed by atoms with Crippen molar-refractivity contribution in [2.75, 3.05) is 38.1 Å². The first-order valence-electron chi connectivity index (χ1n) is 7.04. The minimum absolute atomic E-state index is 0.106. The summed E-state index contributed by atoms with van der Waals surface area (Å²) in [6.07, 6.45) is 0. The van der Waals surface area contributed by atoms with E-state index in [-0.39, 0.29) is 5.82 Å². The fraction of sp³-hybridized carbons (Fsp3) is 0.600. The third-order valence-electron chi connectivity index (χ3n) is 3.78. The second-order valence-corrected chi connectivity index (χ2v) is 5.43. The van der Waals surface area contributed by atoms with Gasteiger partial charge in [-0.2, -0.15) is 0 Å². The van der Waals surface area contributed by atoms with Gasteiger partial charge in [0.05, 0.1) is 5.69 Å². The predicted molar refractivity (Wildman–Crippen MR) is 78.1 cm³/mol. The normalized spacial score (nSPS) is 17.2. The molecule has 2 rings (SSSR count). The van der Waals surface area contributed by atoms with Gasteiger partial charge in [0.2, 0.25) is 0 Å². The number of piperazine rings is 1. The first-order valence-corrected chi connectivity index (χ1v) is 7.04. The molecule has 1 aromatic carbocycles. The van der Waals surface area contributed by atoms with Gasteiger partial charge in [-0.05, 0) is 38.6 Å². The van der Waals surface area contributed by atoms with Crippen LogP contribution in [0.25, 0.3) is 0 Å². The lowest BCUT2D eigenvalue weighted by atomic mass is 10.1. The highest BCUT2D eigenvalue weighted by atomic mass is 19.1. The second-order valence-electron chi connectivity index (χ2n) is 5.43. The molecule has 3 nitrogen and oxygen atoms in total. The first kappa shape index (κ1) is 14.3. The molecule has 1 N–H and O–H groups in total. The Balaban J connectivity index is 2.03. The van der Waals surface area contributed by atoms with Crippen molar-refractivity contribution in [3.05, 3.63) is 29.6 Å². The predicted octanol–water partition coefficient (Wildman–Crippen LogP) is 2.08. The van der Waals surface area contributed by atoms with E-state index in [9.17, 15) is 4.39 Å². The largest absolute Gasteiger partial charge is 0.367 e. The molecule has 106 valence electrons. The van der Waals surface area contributed by atoms with E-state index in [0.29, 0.717) is 12.6 Å². The monoisotopic (exact) mass is 265 g/mol. The molecule has 0 bridgehead atoms. The molecule has 4 heteroatoms. The lowest BCUT2D eigenvalue weighted by molar-refractivity contribution is 0.209. The van der Waals surface area contributed by atoms with Crippen molar-refractivity contribution in [1.29, 1.82) is 0 Å². The molecule has 0 aliphatic carbocycles. The van der Waals surface area contributed by atoms with Gasteiger partial charge < -0.3 is 10.2 Å². The van der Waals surface area contributed by atoms with E-state index < -0.39 is 0 Å². The Morgan fingerprint density at radius 1 is 1.21 bits per heavy atom. The van der Waals surface area contributed by atoms with Crippen molar-refractivity contribution >= 4 is 5.69 Å². The zero-order valence-electron chi connectivity index (χ0n) is 12.1. The highest BCUT2D eigenvalue weighted by molar-refractivity contribution is 5.49. The highest BCUT2D eigenvalue weighted by Crippen LogP contribution is 2.22. The molecule has 1 aliphatic rings. The molecular weight excluding hydrogens is 241 g/mol. The quantitative estimate of drug-likeness (QED) is 0.899. The topological polar surface area (TPSA) is 18.5 Å². The Labute approximate surface area is 115 Å². The lowest BCUT2D eigenvalue weighted by Gasteiger charge is -2.38. The van der Waals surface area contributed by atoms with E-state index in [1.165, 1.54) is 0 Å².